The Morgan fingerprint density at radius 1 is 1.00 bits per heavy atom. The largest absolute Gasteiger partial charge is 0.464 e. The van der Waals surface area contributed by atoms with E-state index in [4.69, 9.17) is 9.47 Å². The minimum Gasteiger partial charge on any atom is -0.464 e. The quantitative estimate of drug-likeness (QED) is 0.341. The molecule has 9 nitrogen and oxygen atoms in total. The number of hydrogen-bond acceptors (Lipinski definition) is 8. The number of carbonyl (C=O) groups excluding carboxylic acids is 3. The molecule has 1 unspecified atom stereocenters. The summed E-state index contributed by atoms with van der Waals surface area (Å²) in [6, 6.07) is 17.5. The first-order chi connectivity index (χ1) is 22.0. The van der Waals surface area contributed by atoms with E-state index in [0.717, 1.165) is 41.3 Å². The predicted octanol–water partition coefficient (Wildman–Crippen LogP) is 4.81. The minimum atomic E-state index is -1.71. The minimum absolute atomic E-state index is 0.0154. The van der Waals surface area contributed by atoms with Gasteiger partial charge in [-0.15, -0.1) is 5.10 Å². The van der Waals surface area contributed by atoms with Crippen molar-refractivity contribution in [1.82, 2.24) is 9.78 Å². The zero-order valence-corrected chi connectivity index (χ0v) is 26.5. The van der Waals surface area contributed by atoms with Gasteiger partial charge in [0.2, 0.25) is 11.7 Å². The van der Waals surface area contributed by atoms with Gasteiger partial charge in [-0.2, -0.15) is 0 Å². The fourth-order valence-electron chi connectivity index (χ4n) is 9.67. The molecule has 0 spiro atoms. The van der Waals surface area contributed by atoms with Gasteiger partial charge in [-0.3, -0.25) is 14.3 Å². The highest BCUT2D eigenvalue weighted by Crippen LogP contribution is 2.67. The SMILES string of the molecule is C[C@]12CCC(=O)C=C1CC[C@@H]1C2[C@@H](O)C[C@@]2(C)[C@H]1CC[C@]2(O)C(=O)COC(=O)COc1nn(Cc2ccccc2)c2ccccc12. The molecule has 3 fully saturated rings. The van der Waals surface area contributed by atoms with Crippen LogP contribution in [0.25, 0.3) is 10.9 Å². The van der Waals surface area contributed by atoms with Gasteiger partial charge in [0, 0.05) is 11.8 Å². The Kier molecular flexibility index (Phi) is 7.67. The molecule has 2 N–H and O–H groups in total. The number of hydrogen-bond donors (Lipinski definition) is 2. The average Bonchev–Trinajstić information content (AvgIpc) is 3.53. The number of benzene rings is 2. The number of Topliss-reactive ketones (excluding diaryl/α,β-unsaturated/α-hetero) is 1. The highest BCUT2D eigenvalue weighted by atomic mass is 16.6. The molecule has 0 saturated heterocycles. The first-order valence-corrected chi connectivity index (χ1v) is 16.5. The molecule has 7 atom stereocenters. The molecule has 3 saturated carbocycles. The summed E-state index contributed by atoms with van der Waals surface area (Å²) in [5.41, 5.74) is 0.273. The second-order valence-electron chi connectivity index (χ2n) is 14.3. The van der Waals surface area contributed by atoms with Crippen LogP contribution >= 0.6 is 0 Å². The van der Waals surface area contributed by atoms with Crippen molar-refractivity contribution >= 4 is 28.4 Å². The van der Waals surface area contributed by atoms with Crippen molar-refractivity contribution in [3.63, 3.8) is 0 Å². The van der Waals surface area contributed by atoms with Crippen LogP contribution in [0.4, 0.5) is 0 Å². The van der Waals surface area contributed by atoms with Crippen LogP contribution in [0.3, 0.4) is 0 Å². The molecule has 1 aromatic heterocycles. The lowest BCUT2D eigenvalue weighted by atomic mass is 9.45. The lowest BCUT2D eigenvalue weighted by Crippen LogP contribution is -2.62. The van der Waals surface area contributed by atoms with Crippen LogP contribution in [0, 0.1) is 28.6 Å². The van der Waals surface area contributed by atoms with Crippen molar-refractivity contribution < 1.29 is 34.1 Å². The Balaban J connectivity index is 1.00. The monoisotopic (exact) mass is 626 g/mol. The van der Waals surface area contributed by atoms with Crippen LogP contribution in [-0.4, -0.2) is 62.4 Å². The number of aliphatic hydroxyl groups is 2. The second-order valence-corrected chi connectivity index (χ2v) is 14.3. The smallest absolute Gasteiger partial charge is 0.344 e. The van der Waals surface area contributed by atoms with Crippen molar-refractivity contribution in [2.75, 3.05) is 13.2 Å². The number of nitrogens with zero attached hydrogens (tertiary/aromatic N) is 2. The van der Waals surface area contributed by atoms with Crippen molar-refractivity contribution in [1.29, 1.82) is 0 Å². The Labute approximate surface area is 268 Å². The molecule has 2 aromatic carbocycles. The Morgan fingerprint density at radius 2 is 1.76 bits per heavy atom. The summed E-state index contributed by atoms with van der Waals surface area (Å²) < 4.78 is 13.0. The maximum Gasteiger partial charge on any atom is 0.344 e. The molecule has 1 heterocycles. The fourth-order valence-corrected chi connectivity index (χ4v) is 9.67. The van der Waals surface area contributed by atoms with Gasteiger partial charge >= 0.3 is 5.97 Å². The maximum atomic E-state index is 13.6. The number of aliphatic hydroxyl groups excluding tert-OH is 1. The summed E-state index contributed by atoms with van der Waals surface area (Å²) in [7, 11) is 0. The number of aromatic nitrogens is 2. The molecule has 0 aliphatic heterocycles. The number of fused-ring (bicyclic) bond motifs is 6. The highest BCUT2D eigenvalue weighted by Gasteiger charge is 2.68. The van der Waals surface area contributed by atoms with Crippen molar-refractivity contribution in [2.45, 2.75) is 77.0 Å². The summed E-state index contributed by atoms with van der Waals surface area (Å²) in [5, 5.41) is 28.9. The van der Waals surface area contributed by atoms with Gasteiger partial charge in [0.1, 0.15) is 5.60 Å². The molecule has 0 amide bonds. The van der Waals surface area contributed by atoms with Crippen molar-refractivity contribution in [3.8, 4) is 5.88 Å². The average molecular weight is 627 g/mol. The zero-order chi connectivity index (χ0) is 32.3. The Bertz CT molecular complexity index is 1710. The third-order valence-corrected chi connectivity index (χ3v) is 12.0. The normalized spacial score (nSPS) is 33.5. The van der Waals surface area contributed by atoms with Gasteiger partial charge in [-0.1, -0.05) is 61.9 Å². The standard InChI is InChI=1S/C37H42N2O7/c1-35-16-14-25(40)18-24(35)12-13-26-28-15-17-37(44,36(28,2)19-30(41)33(26)35)31(42)21-45-32(43)22-46-34-27-10-6-7-11-29(27)39(38-34)20-23-8-4-3-5-9-23/h3-11,18,26,28,30,33,41,44H,12-17,19-22H2,1-2H3/t26-,28-,30-,33?,35-,36-,37-/m0/s1. The van der Waals surface area contributed by atoms with Crippen LogP contribution in [0.1, 0.15) is 64.4 Å². The van der Waals surface area contributed by atoms with Crippen LogP contribution < -0.4 is 4.74 Å². The van der Waals surface area contributed by atoms with E-state index in [1.807, 2.05) is 66.2 Å². The number of para-hydroxylation sites is 1. The summed E-state index contributed by atoms with van der Waals surface area (Å²) >= 11 is 0. The zero-order valence-electron chi connectivity index (χ0n) is 26.5. The number of ketones is 2. The predicted molar refractivity (Wildman–Crippen MR) is 170 cm³/mol. The first kappa shape index (κ1) is 30.8. The second kappa shape index (κ2) is 11.5. The van der Waals surface area contributed by atoms with Gasteiger partial charge in [0.15, 0.2) is 19.0 Å². The van der Waals surface area contributed by atoms with E-state index >= 15 is 0 Å². The summed E-state index contributed by atoms with van der Waals surface area (Å²) in [5.74, 6) is -0.644. The highest BCUT2D eigenvalue weighted by molar-refractivity contribution is 5.92. The molecule has 7 rings (SSSR count). The van der Waals surface area contributed by atoms with Gasteiger partial charge < -0.3 is 19.7 Å². The van der Waals surface area contributed by atoms with E-state index < -0.39 is 42.1 Å². The van der Waals surface area contributed by atoms with E-state index in [1.165, 1.54) is 0 Å². The van der Waals surface area contributed by atoms with E-state index in [-0.39, 0.29) is 41.8 Å². The third kappa shape index (κ3) is 4.90. The number of carbonyl (C=O) groups is 3. The third-order valence-electron chi connectivity index (χ3n) is 12.0. The van der Waals surface area contributed by atoms with Crippen LogP contribution in [0.15, 0.2) is 66.2 Å². The van der Waals surface area contributed by atoms with E-state index in [0.29, 0.717) is 25.3 Å². The molecule has 9 heteroatoms. The molecule has 0 bridgehead atoms. The van der Waals surface area contributed by atoms with Gasteiger partial charge in [-0.05, 0) is 85.5 Å². The van der Waals surface area contributed by atoms with Crippen LogP contribution in [-0.2, 0) is 25.7 Å². The van der Waals surface area contributed by atoms with Crippen molar-refractivity contribution in [2.24, 2.45) is 28.6 Å². The number of esters is 1. The number of ether oxygens (including phenoxy) is 2. The fraction of sp³-hybridized carbons (Fsp3) is 0.514. The maximum absolute atomic E-state index is 13.6. The van der Waals surface area contributed by atoms with E-state index in [2.05, 4.69) is 12.0 Å². The van der Waals surface area contributed by atoms with Gasteiger partial charge in [-0.25, -0.2) is 4.79 Å². The molecule has 4 aliphatic rings. The molecule has 242 valence electrons. The molecule has 46 heavy (non-hydrogen) atoms. The summed E-state index contributed by atoms with van der Waals surface area (Å²) in [6.07, 6.45) is 5.13. The molecular weight excluding hydrogens is 584 g/mol. The number of allylic oxidation sites excluding steroid dienone is 1. The summed E-state index contributed by atoms with van der Waals surface area (Å²) in [4.78, 5) is 38.6. The molecule has 4 aliphatic carbocycles. The topological polar surface area (TPSA) is 128 Å². The Morgan fingerprint density at radius 3 is 2.57 bits per heavy atom. The molecular formula is C37H42N2O7. The summed E-state index contributed by atoms with van der Waals surface area (Å²) in [6.45, 7) is 3.63. The Hall–Kier alpha value is -3.82. The lowest BCUT2D eigenvalue weighted by molar-refractivity contribution is -0.184. The van der Waals surface area contributed by atoms with Crippen molar-refractivity contribution in [3.05, 3.63) is 71.8 Å². The van der Waals surface area contributed by atoms with Crippen LogP contribution in [0.5, 0.6) is 5.88 Å². The lowest BCUT2D eigenvalue weighted by Gasteiger charge is -2.60. The van der Waals surface area contributed by atoms with Gasteiger partial charge in [0.05, 0.1) is 23.6 Å². The number of rotatable bonds is 8. The molecule has 3 aromatic rings. The van der Waals surface area contributed by atoms with Crippen LogP contribution in [0.2, 0.25) is 0 Å². The first-order valence-electron chi connectivity index (χ1n) is 16.5. The molecule has 0 radical (unpaired) electrons. The van der Waals surface area contributed by atoms with Gasteiger partial charge in [0.25, 0.3) is 0 Å². The van der Waals surface area contributed by atoms with E-state index in [1.54, 1.807) is 6.08 Å². The van der Waals surface area contributed by atoms with E-state index in [9.17, 15) is 24.6 Å².